The van der Waals surface area contributed by atoms with E-state index in [1.807, 2.05) is 12.1 Å². The highest BCUT2D eigenvalue weighted by molar-refractivity contribution is 5.91. The first-order valence-electron chi connectivity index (χ1n) is 9.41. The topological polar surface area (TPSA) is 80.4 Å². The number of carbonyl (C=O) groups is 1. The molecule has 1 saturated heterocycles. The molecule has 0 spiro atoms. The largest absolute Gasteiger partial charge is 0.454 e. The number of nitrogens with one attached hydrogen (secondary N) is 1. The Morgan fingerprint density at radius 2 is 1.96 bits per heavy atom. The zero-order chi connectivity index (χ0) is 19.3. The molecule has 1 aliphatic heterocycles. The zero-order valence-electron chi connectivity index (χ0n) is 15.5. The van der Waals surface area contributed by atoms with E-state index in [0.717, 1.165) is 24.5 Å². The second kappa shape index (κ2) is 8.12. The molecule has 3 aromatic rings. The molecule has 0 radical (unpaired) electrons. The minimum atomic E-state index is -0.296. The van der Waals surface area contributed by atoms with Crippen molar-refractivity contribution in [1.82, 2.24) is 14.9 Å². The molecule has 1 fully saturated rings. The predicted molar refractivity (Wildman–Crippen MR) is 105 cm³/mol. The van der Waals surface area contributed by atoms with Crippen molar-refractivity contribution < 1.29 is 9.21 Å². The van der Waals surface area contributed by atoms with Gasteiger partial charge in [-0.15, -0.1) is 0 Å². The lowest BCUT2D eigenvalue weighted by molar-refractivity contribution is 0.0921. The fraction of sp³-hybridized carbons (Fsp3) is 0.286. The van der Waals surface area contributed by atoms with Crippen molar-refractivity contribution in [2.24, 2.45) is 0 Å². The maximum atomic E-state index is 12.3. The van der Waals surface area contributed by atoms with Crippen LogP contribution in [-0.4, -0.2) is 28.5 Å². The smallest absolute Gasteiger partial charge is 0.287 e. The minimum absolute atomic E-state index is 0.116. The molecule has 0 unspecified atom stereocenters. The molecule has 7 heteroatoms. The van der Waals surface area contributed by atoms with Crippen LogP contribution in [0.4, 0.5) is 5.82 Å². The van der Waals surface area contributed by atoms with E-state index in [-0.39, 0.29) is 23.8 Å². The summed E-state index contributed by atoms with van der Waals surface area (Å²) in [6.45, 7) is 2.77. The fourth-order valence-electron chi connectivity index (χ4n) is 3.27. The van der Waals surface area contributed by atoms with Gasteiger partial charge in [-0.3, -0.25) is 9.59 Å². The number of carbonyl (C=O) groups excluding carboxylic acids is 1. The van der Waals surface area contributed by atoms with Crippen LogP contribution in [-0.2, 0) is 13.1 Å². The SMILES string of the molecule is O=C(NCc1ccc(N2CCCC2)nc1)c1ccc(Cn2ccccc2=O)o1. The number of hydrogen-bond acceptors (Lipinski definition) is 5. The van der Waals surface area contributed by atoms with E-state index in [2.05, 4.69) is 15.2 Å². The molecule has 3 aromatic heterocycles. The summed E-state index contributed by atoms with van der Waals surface area (Å²) in [5, 5.41) is 2.84. The molecule has 4 heterocycles. The number of amides is 1. The van der Waals surface area contributed by atoms with Crippen LogP contribution in [0.1, 0.15) is 34.7 Å². The average Bonchev–Trinajstić information content (AvgIpc) is 3.41. The summed E-state index contributed by atoms with van der Waals surface area (Å²) in [6.07, 6.45) is 5.90. The van der Waals surface area contributed by atoms with Gasteiger partial charge in [0.05, 0.1) is 6.54 Å². The molecule has 0 saturated carbocycles. The molecule has 4 rings (SSSR count). The van der Waals surface area contributed by atoms with Crippen LogP contribution in [0.3, 0.4) is 0 Å². The van der Waals surface area contributed by atoms with E-state index in [9.17, 15) is 9.59 Å². The number of rotatable bonds is 6. The van der Waals surface area contributed by atoms with Gasteiger partial charge in [-0.25, -0.2) is 4.98 Å². The average molecular weight is 378 g/mol. The van der Waals surface area contributed by atoms with E-state index >= 15 is 0 Å². The summed E-state index contributed by atoms with van der Waals surface area (Å²) in [5.74, 6) is 1.46. The van der Waals surface area contributed by atoms with Crippen molar-refractivity contribution in [3.05, 3.63) is 82.3 Å². The monoisotopic (exact) mass is 378 g/mol. The third-order valence-corrected chi connectivity index (χ3v) is 4.80. The van der Waals surface area contributed by atoms with Crippen molar-refractivity contribution >= 4 is 11.7 Å². The molecule has 1 amide bonds. The van der Waals surface area contributed by atoms with Gasteiger partial charge in [-0.05, 0) is 42.7 Å². The maximum Gasteiger partial charge on any atom is 0.287 e. The quantitative estimate of drug-likeness (QED) is 0.713. The van der Waals surface area contributed by atoms with Gasteiger partial charge in [-0.1, -0.05) is 12.1 Å². The Kier molecular flexibility index (Phi) is 5.23. The van der Waals surface area contributed by atoms with Gasteiger partial charge >= 0.3 is 0 Å². The van der Waals surface area contributed by atoms with Gasteiger partial charge in [0.2, 0.25) is 0 Å². The Bertz CT molecular complexity index is 1000. The summed E-state index contributed by atoms with van der Waals surface area (Å²) >= 11 is 0. The highest BCUT2D eigenvalue weighted by atomic mass is 16.4. The van der Waals surface area contributed by atoms with Gasteiger partial charge in [-0.2, -0.15) is 0 Å². The predicted octanol–water partition coefficient (Wildman–Crippen LogP) is 2.41. The summed E-state index contributed by atoms with van der Waals surface area (Å²) in [7, 11) is 0. The number of pyridine rings is 2. The van der Waals surface area contributed by atoms with Crippen molar-refractivity contribution in [2.45, 2.75) is 25.9 Å². The minimum Gasteiger partial charge on any atom is -0.454 e. The molecule has 7 nitrogen and oxygen atoms in total. The molecule has 0 atom stereocenters. The normalized spacial score (nSPS) is 13.6. The van der Waals surface area contributed by atoms with E-state index < -0.39 is 0 Å². The molecule has 0 bridgehead atoms. The van der Waals surface area contributed by atoms with Crippen LogP contribution >= 0.6 is 0 Å². The molecule has 0 aromatic carbocycles. The number of hydrogen-bond donors (Lipinski definition) is 1. The Hall–Kier alpha value is -3.35. The lowest BCUT2D eigenvalue weighted by Gasteiger charge is -2.16. The van der Waals surface area contributed by atoms with Crippen LogP contribution in [0, 0.1) is 0 Å². The molecule has 144 valence electrons. The Morgan fingerprint density at radius 3 is 2.71 bits per heavy atom. The Labute approximate surface area is 162 Å². The highest BCUT2D eigenvalue weighted by Crippen LogP contribution is 2.17. The van der Waals surface area contributed by atoms with Gasteiger partial charge in [0.25, 0.3) is 11.5 Å². The first kappa shape index (κ1) is 18.0. The van der Waals surface area contributed by atoms with Gasteiger partial charge in [0.1, 0.15) is 11.6 Å². The zero-order valence-corrected chi connectivity index (χ0v) is 15.5. The first-order chi connectivity index (χ1) is 13.7. The Balaban J connectivity index is 1.33. The van der Waals surface area contributed by atoms with Crippen LogP contribution < -0.4 is 15.8 Å². The third-order valence-electron chi connectivity index (χ3n) is 4.80. The summed E-state index contributed by atoms with van der Waals surface area (Å²) in [4.78, 5) is 30.8. The van der Waals surface area contributed by atoms with Gasteiger partial charge in [0, 0.05) is 38.1 Å². The first-order valence-corrected chi connectivity index (χ1v) is 9.41. The summed E-state index contributed by atoms with van der Waals surface area (Å²) in [5.41, 5.74) is 0.814. The summed E-state index contributed by atoms with van der Waals surface area (Å²) < 4.78 is 7.11. The molecular weight excluding hydrogens is 356 g/mol. The third kappa shape index (κ3) is 4.14. The summed E-state index contributed by atoms with van der Waals surface area (Å²) in [6, 6.07) is 12.3. The Morgan fingerprint density at radius 1 is 1.11 bits per heavy atom. The van der Waals surface area contributed by atoms with Crippen molar-refractivity contribution in [3.8, 4) is 0 Å². The van der Waals surface area contributed by atoms with Crippen molar-refractivity contribution in [1.29, 1.82) is 0 Å². The van der Waals surface area contributed by atoms with E-state index in [1.54, 1.807) is 36.7 Å². The molecule has 1 N–H and O–H groups in total. The molecule has 1 aliphatic rings. The standard InChI is InChI=1S/C21H22N4O3/c26-20-5-1-2-12-25(20)15-17-7-8-18(28-17)21(27)23-14-16-6-9-19(22-13-16)24-10-3-4-11-24/h1-2,5-9,12-13H,3-4,10-11,14-15H2,(H,23,27). The molecular formula is C21H22N4O3. The second-order valence-corrected chi connectivity index (χ2v) is 6.83. The fourth-order valence-corrected chi connectivity index (χ4v) is 3.27. The highest BCUT2D eigenvalue weighted by Gasteiger charge is 2.14. The van der Waals surface area contributed by atoms with Crippen LogP contribution in [0.2, 0.25) is 0 Å². The number of anilines is 1. The molecule has 28 heavy (non-hydrogen) atoms. The number of nitrogens with zero attached hydrogens (tertiary/aromatic N) is 3. The van der Waals surface area contributed by atoms with Crippen LogP contribution in [0.5, 0.6) is 0 Å². The lowest BCUT2D eigenvalue weighted by atomic mass is 10.2. The van der Waals surface area contributed by atoms with Crippen LogP contribution in [0.25, 0.3) is 0 Å². The lowest BCUT2D eigenvalue weighted by Crippen LogP contribution is -2.23. The number of aromatic nitrogens is 2. The van der Waals surface area contributed by atoms with E-state index in [1.165, 1.54) is 23.5 Å². The van der Waals surface area contributed by atoms with Crippen molar-refractivity contribution in [3.63, 3.8) is 0 Å². The maximum absolute atomic E-state index is 12.3. The molecule has 0 aliphatic carbocycles. The van der Waals surface area contributed by atoms with E-state index in [0.29, 0.717) is 12.3 Å². The van der Waals surface area contributed by atoms with Crippen molar-refractivity contribution in [2.75, 3.05) is 18.0 Å². The van der Waals surface area contributed by atoms with Gasteiger partial charge < -0.3 is 19.2 Å². The van der Waals surface area contributed by atoms with Crippen LogP contribution in [0.15, 0.2) is 64.1 Å². The van der Waals surface area contributed by atoms with Gasteiger partial charge in [0.15, 0.2) is 5.76 Å². The van der Waals surface area contributed by atoms with E-state index in [4.69, 9.17) is 4.42 Å². The number of furan rings is 1. The second-order valence-electron chi connectivity index (χ2n) is 6.83.